The van der Waals surface area contributed by atoms with Gasteiger partial charge in [0.15, 0.2) is 0 Å². The maximum absolute atomic E-state index is 12.4. The number of carboxylic acid groups (broad SMARTS) is 2. The molecule has 11 heteroatoms. The van der Waals surface area contributed by atoms with E-state index >= 15 is 0 Å². The molecule has 2 atom stereocenters. The van der Waals surface area contributed by atoms with E-state index < -0.39 is 24.0 Å². The Morgan fingerprint density at radius 3 is 1.00 bits per heavy atom. The van der Waals surface area contributed by atoms with Crippen molar-refractivity contribution in [3.8, 4) is 0 Å². The summed E-state index contributed by atoms with van der Waals surface area (Å²) in [4.78, 5) is 50.4. The number of hydrogen-bond donors (Lipinski definition) is 4. The Kier molecular flexibility index (Phi) is 36.8. The molecule has 0 aliphatic heterocycles. The zero-order valence-corrected chi connectivity index (χ0v) is 35.2. The van der Waals surface area contributed by atoms with Crippen molar-refractivity contribution in [1.82, 2.24) is 15.5 Å². The maximum atomic E-state index is 12.4. The van der Waals surface area contributed by atoms with Gasteiger partial charge in [-0.15, -0.1) is 0 Å². The zero-order valence-electron chi connectivity index (χ0n) is 33.6. The topological polar surface area (TPSA) is 136 Å². The Labute approximate surface area is 326 Å². The Morgan fingerprint density at radius 2 is 0.731 bits per heavy atom. The summed E-state index contributed by atoms with van der Waals surface area (Å²) in [5.74, 6) is -2.52. The summed E-state index contributed by atoms with van der Waals surface area (Å²) in [7, 11) is 6.66. The van der Waals surface area contributed by atoms with Gasteiger partial charge in [0, 0.05) is 24.3 Å². The summed E-state index contributed by atoms with van der Waals surface area (Å²) in [5, 5.41) is 24.4. The Balaban J connectivity index is 3.88. The fraction of sp³-hybridized carbons (Fsp3) is 0.902. The summed E-state index contributed by atoms with van der Waals surface area (Å²) in [6.07, 6.45) is 33.7. The van der Waals surface area contributed by atoms with Crippen LogP contribution in [0.1, 0.15) is 193 Å². The van der Waals surface area contributed by atoms with Crippen LogP contribution in [0.25, 0.3) is 0 Å². The largest absolute Gasteiger partial charge is 0.480 e. The van der Waals surface area contributed by atoms with E-state index in [0.717, 1.165) is 38.5 Å². The quantitative estimate of drug-likeness (QED) is 0.0354. The molecule has 0 saturated carbocycles. The van der Waals surface area contributed by atoms with E-state index in [2.05, 4.69) is 36.6 Å². The number of nitrogens with zero attached hydrogens (tertiary/aromatic N) is 1. The van der Waals surface area contributed by atoms with Crippen LogP contribution in [-0.2, 0) is 19.2 Å². The van der Waals surface area contributed by atoms with Crippen LogP contribution in [-0.4, -0.2) is 83.1 Å². The van der Waals surface area contributed by atoms with E-state index in [9.17, 15) is 29.4 Å². The second kappa shape index (κ2) is 37.8. The van der Waals surface area contributed by atoms with E-state index in [4.69, 9.17) is 0 Å². The van der Waals surface area contributed by atoms with E-state index in [1.807, 2.05) is 0 Å². The molecule has 0 fully saturated rings. The van der Waals surface area contributed by atoms with Gasteiger partial charge in [-0.1, -0.05) is 183 Å². The lowest BCUT2D eigenvalue weighted by atomic mass is 10.0. The van der Waals surface area contributed by atoms with Gasteiger partial charge in [-0.25, -0.2) is 9.59 Å². The molecule has 0 aliphatic carbocycles. The number of carbonyl (C=O) groups is 4. The van der Waals surface area contributed by atoms with Gasteiger partial charge in [0.2, 0.25) is 11.8 Å². The van der Waals surface area contributed by atoms with Crippen LogP contribution in [0.4, 0.5) is 0 Å². The predicted molar refractivity (Wildman–Crippen MR) is 222 cm³/mol. The number of carboxylic acids is 2. The number of carbonyl (C=O) groups excluding carboxylic acids is 2. The molecule has 0 saturated heterocycles. The predicted octanol–water partition coefficient (Wildman–Crippen LogP) is 10.4. The molecule has 0 aliphatic rings. The number of amides is 2. The maximum Gasteiger partial charge on any atom is 0.327 e. The lowest BCUT2D eigenvalue weighted by Gasteiger charge is -2.16. The fourth-order valence-corrected chi connectivity index (χ4v) is 8.56. The fourth-order valence-electron chi connectivity index (χ4n) is 6.25. The van der Waals surface area contributed by atoms with Gasteiger partial charge in [0.1, 0.15) is 12.1 Å². The van der Waals surface area contributed by atoms with Crippen molar-refractivity contribution in [2.45, 2.75) is 205 Å². The van der Waals surface area contributed by atoms with Crippen LogP contribution in [0.5, 0.6) is 0 Å². The number of aliphatic carboxylic acids is 2. The summed E-state index contributed by atoms with van der Waals surface area (Å²) in [6.45, 7) is 3.44. The van der Waals surface area contributed by atoms with Crippen molar-refractivity contribution >= 4 is 45.3 Å². The van der Waals surface area contributed by atoms with E-state index in [1.54, 1.807) is 0 Å². The molecule has 0 heterocycles. The van der Waals surface area contributed by atoms with E-state index in [1.165, 1.54) is 163 Å². The highest BCUT2D eigenvalue weighted by Crippen LogP contribution is 2.23. The molecule has 0 aromatic carbocycles. The van der Waals surface area contributed by atoms with Crippen LogP contribution < -0.4 is 10.6 Å². The molecule has 0 aromatic rings. The summed E-state index contributed by atoms with van der Waals surface area (Å²) in [5.41, 5.74) is 0. The normalized spacial score (nSPS) is 12.5. The van der Waals surface area contributed by atoms with Crippen LogP contribution in [0.15, 0.2) is 0 Å². The monoisotopic (exact) mass is 774 g/mol. The van der Waals surface area contributed by atoms with E-state index in [-0.39, 0.29) is 23.3 Å². The molecule has 0 spiro atoms. The Hall–Kier alpha value is -1.46. The first kappa shape index (κ1) is 50.5. The molecule has 0 radical (unpaired) electrons. The second-order valence-corrected chi connectivity index (χ2v) is 17.5. The molecule has 0 aromatic heterocycles. The number of unbranched alkanes of at least 4 members (excludes halogenated alkanes) is 25. The Morgan fingerprint density at radius 1 is 0.462 bits per heavy atom. The highest BCUT2D eigenvalue weighted by molar-refractivity contribution is 8.76. The summed E-state index contributed by atoms with van der Waals surface area (Å²) < 4.78 is 0. The van der Waals surface area contributed by atoms with Gasteiger partial charge >= 0.3 is 11.9 Å². The van der Waals surface area contributed by atoms with Gasteiger partial charge < -0.3 is 25.7 Å². The van der Waals surface area contributed by atoms with Gasteiger partial charge in [-0.05, 0) is 39.9 Å². The highest BCUT2D eigenvalue weighted by atomic mass is 33.1. The standard InChI is InChI=1S/C41H79N3O6S2/c1-4-5-6-7-8-9-10-11-13-16-19-22-25-28-31-38(45)42-36(40(47)48)34-51-52-35-37(41(49)50)43-39(46)32-29-26-23-20-17-14-12-15-18-21-24-27-30-33-44(2)3/h36-37H,4-35H2,1-3H3,(H,42,45)(H,43,46)(H,47,48)(H,49,50). The minimum atomic E-state index is -1.11. The zero-order chi connectivity index (χ0) is 38.5. The first-order valence-corrected chi connectivity index (χ1v) is 23.6. The van der Waals surface area contributed by atoms with Crippen molar-refractivity contribution in [1.29, 1.82) is 0 Å². The molecule has 9 nitrogen and oxygen atoms in total. The van der Waals surface area contributed by atoms with Gasteiger partial charge in [-0.2, -0.15) is 0 Å². The van der Waals surface area contributed by atoms with Crippen molar-refractivity contribution < 1.29 is 29.4 Å². The summed E-state index contributed by atoms with van der Waals surface area (Å²) >= 11 is 0. The Bertz CT molecular complexity index is 879. The van der Waals surface area contributed by atoms with Crippen molar-refractivity contribution in [2.24, 2.45) is 0 Å². The third-order valence-electron chi connectivity index (χ3n) is 9.59. The number of rotatable bonds is 40. The smallest absolute Gasteiger partial charge is 0.327 e. The molecule has 52 heavy (non-hydrogen) atoms. The average Bonchev–Trinajstić information content (AvgIpc) is 3.10. The molecule has 0 bridgehead atoms. The van der Waals surface area contributed by atoms with Crippen molar-refractivity contribution in [3.63, 3.8) is 0 Å². The molecule has 0 rings (SSSR count). The van der Waals surface area contributed by atoms with E-state index in [0.29, 0.717) is 12.8 Å². The molecule has 2 amide bonds. The van der Waals surface area contributed by atoms with Crippen LogP contribution >= 0.6 is 21.6 Å². The minimum Gasteiger partial charge on any atom is -0.480 e. The van der Waals surface area contributed by atoms with Gasteiger partial charge in [-0.3, -0.25) is 9.59 Å². The van der Waals surface area contributed by atoms with Crippen LogP contribution in [0, 0.1) is 0 Å². The van der Waals surface area contributed by atoms with Gasteiger partial charge in [0.25, 0.3) is 0 Å². The SMILES string of the molecule is CCCCCCCCCCCCCCCCC(=O)NC(CSSCC(NC(=O)CCCCCCCCCCCCCCCN(C)C)C(=O)O)C(=O)O. The molecule has 2 unspecified atom stereocenters. The average molecular weight is 774 g/mol. The molecular formula is C41H79N3O6S2. The first-order valence-electron chi connectivity index (χ1n) is 21.1. The van der Waals surface area contributed by atoms with Crippen LogP contribution in [0.3, 0.4) is 0 Å². The minimum absolute atomic E-state index is 0.113. The second-order valence-electron chi connectivity index (χ2n) is 15.0. The number of hydrogen-bond acceptors (Lipinski definition) is 7. The lowest BCUT2D eigenvalue weighted by molar-refractivity contribution is -0.141. The van der Waals surface area contributed by atoms with Crippen molar-refractivity contribution in [2.75, 3.05) is 32.1 Å². The highest BCUT2D eigenvalue weighted by Gasteiger charge is 2.23. The van der Waals surface area contributed by atoms with Crippen molar-refractivity contribution in [3.05, 3.63) is 0 Å². The molecular weight excluding hydrogens is 695 g/mol. The number of nitrogens with one attached hydrogen (secondary N) is 2. The summed E-state index contributed by atoms with van der Waals surface area (Å²) in [6, 6.07) is -2.08. The van der Waals surface area contributed by atoms with Gasteiger partial charge in [0.05, 0.1) is 0 Å². The third kappa shape index (κ3) is 35.6. The first-order chi connectivity index (χ1) is 25.2. The molecule has 306 valence electrons. The third-order valence-corrected chi connectivity index (χ3v) is 12.0. The van der Waals surface area contributed by atoms with Crippen LogP contribution in [0.2, 0.25) is 0 Å². The lowest BCUT2D eigenvalue weighted by Crippen LogP contribution is -2.43. The molecule has 4 N–H and O–H groups in total.